The molecule has 0 radical (unpaired) electrons. The Kier molecular flexibility index (Phi) is 4.31. The highest BCUT2D eigenvalue weighted by Crippen LogP contribution is 2.37. The SMILES string of the molecule is C[C@@]1(c2ccc3c(c2)OCO3)NC(=O)N(CC(=O)Nc2cccnc2Cl)C1=O. The van der Waals surface area contributed by atoms with E-state index in [1.165, 1.54) is 6.20 Å². The standard InChI is InChI=1S/C18H15ClN4O5/c1-18(10-4-5-12-13(7-10)28-9-27-12)16(25)23(17(26)22-18)8-14(24)21-11-3-2-6-20-15(11)19/h2-7H,8-9H2,1H3,(H,21,24)(H,22,26)/t18-/m0/s1. The Balaban J connectivity index is 1.52. The lowest BCUT2D eigenvalue weighted by molar-refractivity contribution is -0.133. The van der Waals surface area contributed by atoms with Crippen molar-refractivity contribution in [3.8, 4) is 11.5 Å². The molecule has 2 aliphatic heterocycles. The van der Waals surface area contributed by atoms with Crippen molar-refractivity contribution in [2.24, 2.45) is 0 Å². The van der Waals surface area contributed by atoms with E-state index in [0.29, 0.717) is 22.7 Å². The van der Waals surface area contributed by atoms with Crippen LogP contribution in [0.4, 0.5) is 10.5 Å². The van der Waals surface area contributed by atoms with Gasteiger partial charge >= 0.3 is 6.03 Å². The Morgan fingerprint density at radius 3 is 2.89 bits per heavy atom. The number of carbonyl (C=O) groups is 3. The van der Waals surface area contributed by atoms with Crippen molar-refractivity contribution in [1.29, 1.82) is 0 Å². The van der Waals surface area contributed by atoms with Crippen LogP contribution in [0.3, 0.4) is 0 Å². The van der Waals surface area contributed by atoms with Gasteiger partial charge in [-0.1, -0.05) is 17.7 Å². The molecule has 1 fully saturated rings. The average Bonchev–Trinajstić information content (AvgIpc) is 3.22. The molecule has 0 unspecified atom stereocenters. The van der Waals surface area contributed by atoms with Crippen LogP contribution in [0.2, 0.25) is 5.15 Å². The summed E-state index contributed by atoms with van der Waals surface area (Å²) in [7, 11) is 0. The molecule has 1 aromatic heterocycles. The number of amides is 4. The van der Waals surface area contributed by atoms with Gasteiger partial charge in [0, 0.05) is 6.20 Å². The minimum absolute atomic E-state index is 0.0962. The Hall–Kier alpha value is -3.33. The van der Waals surface area contributed by atoms with Crippen LogP contribution < -0.4 is 20.1 Å². The van der Waals surface area contributed by atoms with Gasteiger partial charge in [-0.2, -0.15) is 0 Å². The minimum Gasteiger partial charge on any atom is -0.454 e. The summed E-state index contributed by atoms with van der Waals surface area (Å²) in [6, 6.07) is 7.48. The summed E-state index contributed by atoms with van der Waals surface area (Å²) in [5.74, 6) is -0.0750. The predicted molar refractivity (Wildman–Crippen MR) is 98.0 cm³/mol. The van der Waals surface area contributed by atoms with E-state index in [0.717, 1.165) is 4.90 Å². The van der Waals surface area contributed by atoms with E-state index in [1.807, 2.05) is 0 Å². The van der Waals surface area contributed by atoms with Gasteiger partial charge in [0.05, 0.1) is 5.69 Å². The van der Waals surface area contributed by atoms with Crippen LogP contribution in [0.1, 0.15) is 12.5 Å². The van der Waals surface area contributed by atoms with Gasteiger partial charge in [-0.25, -0.2) is 9.78 Å². The zero-order valence-corrected chi connectivity index (χ0v) is 15.4. The summed E-state index contributed by atoms with van der Waals surface area (Å²) in [4.78, 5) is 42.3. The number of hydrogen-bond acceptors (Lipinski definition) is 6. The number of anilines is 1. The fourth-order valence-corrected chi connectivity index (χ4v) is 3.22. The van der Waals surface area contributed by atoms with E-state index in [9.17, 15) is 14.4 Å². The number of imide groups is 1. The fraction of sp³-hybridized carbons (Fsp3) is 0.222. The third kappa shape index (κ3) is 2.99. The Bertz CT molecular complexity index is 998. The lowest BCUT2D eigenvalue weighted by Crippen LogP contribution is -2.42. The third-order valence-electron chi connectivity index (χ3n) is 4.56. The number of nitrogens with zero attached hydrogens (tertiary/aromatic N) is 2. The molecule has 3 heterocycles. The van der Waals surface area contributed by atoms with E-state index in [1.54, 1.807) is 37.3 Å². The quantitative estimate of drug-likeness (QED) is 0.596. The number of benzene rings is 1. The maximum Gasteiger partial charge on any atom is 0.325 e. The number of rotatable bonds is 4. The number of halogens is 1. The monoisotopic (exact) mass is 402 g/mol. The van der Waals surface area contributed by atoms with E-state index < -0.39 is 29.9 Å². The summed E-state index contributed by atoms with van der Waals surface area (Å²) < 4.78 is 10.6. The van der Waals surface area contributed by atoms with Crippen LogP contribution in [0.15, 0.2) is 36.5 Å². The highest BCUT2D eigenvalue weighted by molar-refractivity contribution is 6.32. The topological polar surface area (TPSA) is 110 Å². The van der Waals surface area contributed by atoms with Crippen LogP contribution >= 0.6 is 11.6 Å². The second-order valence-electron chi connectivity index (χ2n) is 6.40. The second kappa shape index (κ2) is 6.68. The first-order valence-electron chi connectivity index (χ1n) is 8.33. The maximum atomic E-state index is 12.9. The van der Waals surface area contributed by atoms with Crippen LogP contribution in [0.25, 0.3) is 0 Å². The number of urea groups is 1. The Labute approximate surface area is 164 Å². The molecule has 0 saturated carbocycles. The van der Waals surface area contributed by atoms with Gasteiger partial charge in [-0.05, 0) is 36.8 Å². The van der Waals surface area contributed by atoms with Crippen LogP contribution in [0.5, 0.6) is 11.5 Å². The Morgan fingerprint density at radius 2 is 2.11 bits per heavy atom. The van der Waals surface area contributed by atoms with Crippen molar-refractivity contribution in [3.63, 3.8) is 0 Å². The summed E-state index contributed by atoms with van der Waals surface area (Å²) >= 11 is 5.91. The van der Waals surface area contributed by atoms with Crippen molar-refractivity contribution in [2.45, 2.75) is 12.5 Å². The lowest BCUT2D eigenvalue weighted by atomic mass is 9.91. The Morgan fingerprint density at radius 1 is 1.32 bits per heavy atom. The van der Waals surface area contributed by atoms with Gasteiger partial charge in [0.25, 0.3) is 5.91 Å². The molecular weight excluding hydrogens is 388 g/mol. The van der Waals surface area contributed by atoms with Crippen molar-refractivity contribution in [1.82, 2.24) is 15.2 Å². The normalized spacial score (nSPS) is 20.3. The number of ether oxygens (including phenoxy) is 2. The van der Waals surface area contributed by atoms with E-state index in [4.69, 9.17) is 21.1 Å². The largest absolute Gasteiger partial charge is 0.454 e. The molecule has 1 atom stereocenters. The van der Waals surface area contributed by atoms with Crippen LogP contribution in [-0.4, -0.2) is 41.1 Å². The first kappa shape index (κ1) is 18.1. The van der Waals surface area contributed by atoms with Gasteiger partial charge in [0.15, 0.2) is 16.7 Å². The average molecular weight is 403 g/mol. The van der Waals surface area contributed by atoms with Crippen LogP contribution in [-0.2, 0) is 15.1 Å². The zero-order chi connectivity index (χ0) is 19.9. The highest BCUT2D eigenvalue weighted by atomic mass is 35.5. The summed E-state index contributed by atoms with van der Waals surface area (Å²) in [5.41, 5.74) is -0.516. The van der Waals surface area contributed by atoms with Crippen molar-refractivity contribution in [3.05, 3.63) is 47.2 Å². The van der Waals surface area contributed by atoms with Crippen molar-refractivity contribution < 1.29 is 23.9 Å². The van der Waals surface area contributed by atoms with Gasteiger partial charge in [0.2, 0.25) is 12.7 Å². The molecule has 2 aliphatic rings. The number of hydrogen-bond donors (Lipinski definition) is 2. The molecule has 4 amide bonds. The minimum atomic E-state index is -1.33. The predicted octanol–water partition coefficient (Wildman–Crippen LogP) is 1.87. The molecule has 4 rings (SSSR count). The van der Waals surface area contributed by atoms with Gasteiger partial charge < -0.3 is 20.1 Å². The molecular formula is C18H15ClN4O5. The molecule has 1 aromatic carbocycles. The maximum absolute atomic E-state index is 12.9. The second-order valence-corrected chi connectivity index (χ2v) is 6.76. The van der Waals surface area contributed by atoms with Crippen LogP contribution in [0, 0.1) is 0 Å². The molecule has 144 valence electrons. The van der Waals surface area contributed by atoms with Gasteiger partial charge in [-0.15, -0.1) is 0 Å². The molecule has 2 N–H and O–H groups in total. The molecule has 9 nitrogen and oxygen atoms in total. The summed E-state index contributed by atoms with van der Waals surface area (Å²) in [6.45, 7) is 1.20. The van der Waals surface area contributed by atoms with Crippen molar-refractivity contribution >= 4 is 35.1 Å². The zero-order valence-electron chi connectivity index (χ0n) is 14.7. The number of aromatic nitrogens is 1. The first-order valence-corrected chi connectivity index (χ1v) is 8.71. The van der Waals surface area contributed by atoms with E-state index >= 15 is 0 Å². The van der Waals surface area contributed by atoms with E-state index in [2.05, 4.69) is 15.6 Å². The molecule has 10 heteroatoms. The molecule has 0 aliphatic carbocycles. The number of fused-ring (bicyclic) bond motifs is 1. The third-order valence-corrected chi connectivity index (χ3v) is 4.86. The van der Waals surface area contributed by atoms with E-state index in [-0.39, 0.29) is 11.9 Å². The molecule has 0 bridgehead atoms. The lowest BCUT2D eigenvalue weighted by Gasteiger charge is -2.22. The van der Waals surface area contributed by atoms with Gasteiger partial charge in [0.1, 0.15) is 12.1 Å². The molecule has 28 heavy (non-hydrogen) atoms. The molecule has 2 aromatic rings. The number of carbonyl (C=O) groups excluding carboxylic acids is 3. The summed E-state index contributed by atoms with van der Waals surface area (Å²) in [5, 5.41) is 5.29. The number of nitrogens with one attached hydrogen (secondary N) is 2. The van der Waals surface area contributed by atoms with Gasteiger partial charge in [-0.3, -0.25) is 14.5 Å². The first-order chi connectivity index (χ1) is 13.4. The highest BCUT2D eigenvalue weighted by Gasteiger charge is 2.49. The fourth-order valence-electron chi connectivity index (χ4n) is 3.06. The summed E-state index contributed by atoms with van der Waals surface area (Å²) in [6.07, 6.45) is 1.48. The molecule has 0 spiro atoms. The number of pyridine rings is 1. The van der Waals surface area contributed by atoms with Crippen molar-refractivity contribution in [2.75, 3.05) is 18.7 Å². The molecule has 1 saturated heterocycles. The smallest absolute Gasteiger partial charge is 0.325 e.